The van der Waals surface area contributed by atoms with E-state index in [9.17, 15) is 9.59 Å². The summed E-state index contributed by atoms with van der Waals surface area (Å²) in [6.07, 6.45) is 2.01. The van der Waals surface area contributed by atoms with Gasteiger partial charge in [0.2, 0.25) is 0 Å². The van der Waals surface area contributed by atoms with Gasteiger partial charge in [-0.2, -0.15) is 0 Å². The highest BCUT2D eigenvalue weighted by Crippen LogP contribution is 2.35. The molecule has 2 aliphatic heterocycles. The van der Waals surface area contributed by atoms with Gasteiger partial charge in [0.1, 0.15) is 0 Å². The van der Waals surface area contributed by atoms with Crippen LogP contribution in [0.4, 0.5) is 4.79 Å². The third-order valence-corrected chi connectivity index (χ3v) is 5.51. The van der Waals surface area contributed by atoms with E-state index in [0.717, 1.165) is 12.2 Å². The van der Waals surface area contributed by atoms with Crippen LogP contribution >= 0.6 is 11.8 Å². The number of nitrogens with one attached hydrogen (secondary N) is 1. The number of carbonyl (C=O) groups excluding carboxylic acids is 1. The van der Waals surface area contributed by atoms with E-state index >= 15 is 0 Å². The normalized spacial score (nSPS) is 22.0. The highest BCUT2D eigenvalue weighted by molar-refractivity contribution is 7.99. The number of fused-ring (bicyclic) bond motifs is 1. The van der Waals surface area contributed by atoms with Crippen LogP contribution in [-0.2, 0) is 4.79 Å². The fourth-order valence-electron chi connectivity index (χ4n) is 3.06. The number of amides is 2. The van der Waals surface area contributed by atoms with Gasteiger partial charge in [-0.05, 0) is 30.9 Å². The SMILES string of the molecule is O=C(O)C1CCN(C(=O)NC2CCSc3ccccc32)CC1. The molecule has 0 saturated carbocycles. The molecule has 1 fully saturated rings. The zero-order valence-electron chi connectivity index (χ0n) is 12.3. The average Bonchev–Trinajstić information content (AvgIpc) is 2.55. The fourth-order valence-corrected chi connectivity index (χ4v) is 4.19. The Morgan fingerprint density at radius 3 is 2.64 bits per heavy atom. The molecule has 1 aromatic carbocycles. The van der Waals surface area contributed by atoms with Crippen molar-refractivity contribution in [3.8, 4) is 0 Å². The van der Waals surface area contributed by atoms with Crippen LogP contribution in [0.5, 0.6) is 0 Å². The summed E-state index contributed by atoms with van der Waals surface area (Å²) in [5.41, 5.74) is 1.19. The molecule has 0 aromatic heterocycles. The van der Waals surface area contributed by atoms with Crippen LogP contribution in [0.15, 0.2) is 29.2 Å². The van der Waals surface area contributed by atoms with E-state index in [0.29, 0.717) is 25.9 Å². The lowest BCUT2D eigenvalue weighted by Gasteiger charge is -2.33. The van der Waals surface area contributed by atoms with Gasteiger partial charge in [-0.1, -0.05) is 18.2 Å². The highest BCUT2D eigenvalue weighted by Gasteiger charge is 2.29. The first kappa shape index (κ1) is 15.2. The molecule has 0 radical (unpaired) electrons. The van der Waals surface area contributed by atoms with Gasteiger partial charge in [0.25, 0.3) is 0 Å². The molecule has 5 nitrogen and oxygen atoms in total. The van der Waals surface area contributed by atoms with Crippen LogP contribution in [0.2, 0.25) is 0 Å². The number of carboxylic acids is 1. The zero-order valence-corrected chi connectivity index (χ0v) is 13.1. The first-order chi connectivity index (χ1) is 10.6. The molecule has 2 heterocycles. The van der Waals surface area contributed by atoms with Gasteiger partial charge in [-0.15, -0.1) is 11.8 Å². The molecule has 0 aliphatic carbocycles. The Kier molecular flexibility index (Phi) is 4.57. The molecule has 1 unspecified atom stereocenters. The molecule has 0 spiro atoms. The van der Waals surface area contributed by atoms with Crippen molar-refractivity contribution in [2.45, 2.75) is 30.2 Å². The Morgan fingerprint density at radius 2 is 1.91 bits per heavy atom. The second-order valence-electron chi connectivity index (χ2n) is 5.78. The second-order valence-corrected chi connectivity index (χ2v) is 6.91. The number of carboxylic acid groups (broad SMARTS) is 1. The maximum absolute atomic E-state index is 12.4. The molecule has 1 aromatic rings. The number of benzene rings is 1. The maximum atomic E-state index is 12.4. The number of urea groups is 1. The Balaban J connectivity index is 1.60. The van der Waals surface area contributed by atoms with E-state index in [4.69, 9.17) is 5.11 Å². The number of thioether (sulfide) groups is 1. The van der Waals surface area contributed by atoms with Crippen molar-refractivity contribution in [3.05, 3.63) is 29.8 Å². The van der Waals surface area contributed by atoms with Gasteiger partial charge in [-0.25, -0.2) is 4.79 Å². The smallest absolute Gasteiger partial charge is 0.317 e. The fraction of sp³-hybridized carbons (Fsp3) is 0.500. The minimum atomic E-state index is -0.752. The minimum Gasteiger partial charge on any atom is -0.481 e. The Hall–Kier alpha value is -1.69. The molecule has 118 valence electrons. The number of hydrogen-bond donors (Lipinski definition) is 2. The number of hydrogen-bond acceptors (Lipinski definition) is 3. The minimum absolute atomic E-state index is 0.0575. The molecular weight excluding hydrogens is 300 g/mol. The number of rotatable bonds is 2. The third-order valence-electron chi connectivity index (χ3n) is 4.39. The topological polar surface area (TPSA) is 69.6 Å². The number of piperidine rings is 1. The quantitative estimate of drug-likeness (QED) is 0.879. The van der Waals surface area contributed by atoms with Crippen molar-refractivity contribution in [1.29, 1.82) is 0 Å². The van der Waals surface area contributed by atoms with Crippen molar-refractivity contribution in [1.82, 2.24) is 10.2 Å². The maximum Gasteiger partial charge on any atom is 0.317 e. The van der Waals surface area contributed by atoms with Crippen LogP contribution in [0, 0.1) is 5.92 Å². The summed E-state index contributed by atoms with van der Waals surface area (Å²) in [6, 6.07) is 8.17. The molecule has 0 bridgehead atoms. The summed E-state index contributed by atoms with van der Waals surface area (Å²) in [4.78, 5) is 26.4. The predicted octanol–water partition coefficient (Wildman–Crippen LogP) is 2.73. The number of likely N-dealkylation sites (tertiary alicyclic amines) is 1. The molecule has 2 N–H and O–H groups in total. The summed E-state index contributed by atoms with van der Waals surface area (Å²) in [5.74, 6) is -0.0580. The van der Waals surface area contributed by atoms with Crippen molar-refractivity contribution < 1.29 is 14.7 Å². The third kappa shape index (κ3) is 3.21. The average molecular weight is 320 g/mol. The van der Waals surface area contributed by atoms with E-state index < -0.39 is 5.97 Å². The summed E-state index contributed by atoms with van der Waals surface area (Å²) in [6.45, 7) is 1.04. The van der Waals surface area contributed by atoms with Crippen LogP contribution in [0.1, 0.15) is 30.9 Å². The molecule has 2 aliphatic rings. The van der Waals surface area contributed by atoms with Crippen molar-refractivity contribution in [2.24, 2.45) is 5.92 Å². The molecule has 1 saturated heterocycles. The summed E-state index contributed by atoms with van der Waals surface area (Å²) in [5, 5.41) is 12.1. The standard InChI is InChI=1S/C16H20N2O3S/c19-15(20)11-5-8-18(9-6-11)16(21)17-13-7-10-22-14-4-2-1-3-12(13)14/h1-4,11,13H,5-10H2,(H,17,21)(H,19,20). The molecule has 3 rings (SSSR count). The summed E-state index contributed by atoms with van der Waals surface area (Å²) >= 11 is 1.83. The first-order valence-electron chi connectivity index (χ1n) is 7.65. The predicted molar refractivity (Wildman–Crippen MR) is 85.0 cm³/mol. The second kappa shape index (κ2) is 6.60. The molecule has 1 atom stereocenters. The summed E-state index contributed by atoms with van der Waals surface area (Å²) in [7, 11) is 0. The highest BCUT2D eigenvalue weighted by atomic mass is 32.2. The van der Waals surface area contributed by atoms with Gasteiger partial charge in [0, 0.05) is 23.7 Å². The van der Waals surface area contributed by atoms with E-state index in [-0.39, 0.29) is 18.0 Å². The molecule has 6 heteroatoms. The van der Waals surface area contributed by atoms with Crippen molar-refractivity contribution in [3.63, 3.8) is 0 Å². The number of aliphatic carboxylic acids is 1. The Morgan fingerprint density at radius 1 is 1.18 bits per heavy atom. The van der Waals surface area contributed by atoms with Crippen LogP contribution < -0.4 is 5.32 Å². The molecule has 2 amide bonds. The Bertz CT molecular complexity index is 570. The lowest BCUT2D eigenvalue weighted by atomic mass is 9.97. The van der Waals surface area contributed by atoms with E-state index in [1.807, 2.05) is 23.9 Å². The molecular formula is C16H20N2O3S. The van der Waals surface area contributed by atoms with Gasteiger partial charge in [-0.3, -0.25) is 4.79 Å². The van der Waals surface area contributed by atoms with Crippen molar-refractivity contribution >= 4 is 23.8 Å². The van der Waals surface area contributed by atoms with Gasteiger partial charge < -0.3 is 15.3 Å². The number of carbonyl (C=O) groups is 2. The number of nitrogens with zero attached hydrogens (tertiary/aromatic N) is 1. The lowest BCUT2D eigenvalue weighted by molar-refractivity contribution is -0.143. The Labute approximate surface area is 134 Å². The van der Waals surface area contributed by atoms with E-state index in [2.05, 4.69) is 17.4 Å². The van der Waals surface area contributed by atoms with Crippen LogP contribution in [-0.4, -0.2) is 40.8 Å². The van der Waals surface area contributed by atoms with Gasteiger partial charge in [0.05, 0.1) is 12.0 Å². The van der Waals surface area contributed by atoms with Crippen LogP contribution in [0.3, 0.4) is 0 Å². The van der Waals surface area contributed by atoms with E-state index in [1.54, 1.807) is 4.90 Å². The molecule has 22 heavy (non-hydrogen) atoms. The van der Waals surface area contributed by atoms with Gasteiger partial charge in [0.15, 0.2) is 0 Å². The van der Waals surface area contributed by atoms with E-state index in [1.165, 1.54) is 10.5 Å². The summed E-state index contributed by atoms with van der Waals surface area (Å²) < 4.78 is 0. The lowest BCUT2D eigenvalue weighted by Crippen LogP contribution is -2.46. The zero-order chi connectivity index (χ0) is 15.5. The largest absolute Gasteiger partial charge is 0.481 e. The van der Waals surface area contributed by atoms with Crippen LogP contribution in [0.25, 0.3) is 0 Å². The first-order valence-corrected chi connectivity index (χ1v) is 8.63. The van der Waals surface area contributed by atoms with Gasteiger partial charge >= 0.3 is 12.0 Å². The monoisotopic (exact) mass is 320 g/mol. The van der Waals surface area contributed by atoms with Crippen molar-refractivity contribution in [2.75, 3.05) is 18.8 Å².